The van der Waals surface area contributed by atoms with E-state index in [-0.39, 0.29) is 0 Å². The van der Waals surface area contributed by atoms with Gasteiger partial charge in [-0.1, -0.05) is 12.1 Å². The van der Waals surface area contributed by atoms with Gasteiger partial charge in [0.05, 0.1) is 11.4 Å². The molecule has 0 aromatic heterocycles. The van der Waals surface area contributed by atoms with Crippen LogP contribution in [0.4, 0.5) is 11.4 Å². The van der Waals surface area contributed by atoms with Crippen LogP contribution in [0.5, 0.6) is 0 Å². The average Bonchev–Trinajstić information content (AvgIpc) is 2.72. The fourth-order valence-electron chi connectivity index (χ4n) is 1.83. The van der Waals surface area contributed by atoms with Crippen molar-refractivity contribution >= 4 is 17.5 Å². The van der Waals surface area contributed by atoms with Crippen LogP contribution >= 0.6 is 0 Å². The molecule has 2 rings (SSSR count). The van der Waals surface area contributed by atoms with E-state index < -0.39 is 0 Å². The van der Waals surface area contributed by atoms with Crippen molar-refractivity contribution in [2.75, 3.05) is 18.0 Å². The highest BCUT2D eigenvalue weighted by atomic mass is 16.1. The predicted molar refractivity (Wildman–Crippen MR) is 55.7 cm³/mol. The summed E-state index contributed by atoms with van der Waals surface area (Å²) >= 11 is 0. The lowest BCUT2D eigenvalue weighted by Gasteiger charge is -2.18. The van der Waals surface area contributed by atoms with E-state index in [0.29, 0.717) is 0 Å². The van der Waals surface area contributed by atoms with Crippen LogP contribution in [0.3, 0.4) is 0 Å². The highest BCUT2D eigenvalue weighted by Crippen LogP contribution is 2.30. The van der Waals surface area contributed by atoms with Gasteiger partial charge in [-0.25, -0.2) is 4.79 Å². The standard InChI is InChI=1S/C11H12N2O/c14-9-12-10-5-1-2-6-11(10)13-7-3-4-8-13/h1-2,5-6H,3-4,7-8H2. The van der Waals surface area contributed by atoms with Gasteiger partial charge in [-0.2, -0.15) is 4.99 Å². The Hall–Kier alpha value is -1.60. The number of hydrogen-bond donors (Lipinski definition) is 0. The maximum atomic E-state index is 10.2. The summed E-state index contributed by atoms with van der Waals surface area (Å²) < 4.78 is 0. The maximum absolute atomic E-state index is 10.2. The van der Waals surface area contributed by atoms with Gasteiger partial charge in [0.15, 0.2) is 0 Å². The van der Waals surface area contributed by atoms with Gasteiger partial charge >= 0.3 is 0 Å². The largest absolute Gasteiger partial charge is 0.370 e. The molecular formula is C11H12N2O. The number of para-hydroxylation sites is 2. The minimum atomic E-state index is 0.726. The van der Waals surface area contributed by atoms with Gasteiger partial charge in [0.1, 0.15) is 0 Å². The van der Waals surface area contributed by atoms with Crippen LogP contribution in [0.25, 0.3) is 0 Å². The Morgan fingerprint density at radius 1 is 1.21 bits per heavy atom. The zero-order valence-corrected chi connectivity index (χ0v) is 7.94. The molecule has 1 aromatic rings. The molecule has 0 atom stereocenters. The molecule has 1 fully saturated rings. The summed E-state index contributed by atoms with van der Waals surface area (Å²) in [6.45, 7) is 2.12. The van der Waals surface area contributed by atoms with Gasteiger partial charge in [-0.3, -0.25) is 0 Å². The topological polar surface area (TPSA) is 32.7 Å². The molecule has 0 unspecified atom stereocenters. The van der Waals surface area contributed by atoms with Gasteiger partial charge in [0, 0.05) is 13.1 Å². The quantitative estimate of drug-likeness (QED) is 0.526. The van der Waals surface area contributed by atoms with Crippen molar-refractivity contribution < 1.29 is 4.79 Å². The molecule has 1 saturated heterocycles. The molecular weight excluding hydrogens is 176 g/mol. The number of benzene rings is 1. The van der Waals surface area contributed by atoms with E-state index in [1.54, 1.807) is 6.08 Å². The molecule has 3 nitrogen and oxygen atoms in total. The van der Waals surface area contributed by atoms with Crippen LogP contribution in [-0.4, -0.2) is 19.2 Å². The smallest absolute Gasteiger partial charge is 0.240 e. The summed E-state index contributed by atoms with van der Waals surface area (Å²) in [6.07, 6.45) is 4.04. The van der Waals surface area contributed by atoms with Crippen molar-refractivity contribution in [2.24, 2.45) is 4.99 Å². The molecule has 0 saturated carbocycles. The van der Waals surface area contributed by atoms with Crippen molar-refractivity contribution in [3.8, 4) is 0 Å². The number of carbonyl (C=O) groups excluding carboxylic acids is 1. The van der Waals surface area contributed by atoms with E-state index in [9.17, 15) is 4.79 Å². The molecule has 0 N–H and O–H groups in total. The van der Waals surface area contributed by atoms with Crippen molar-refractivity contribution in [2.45, 2.75) is 12.8 Å². The Balaban J connectivity index is 2.34. The van der Waals surface area contributed by atoms with Crippen LogP contribution in [-0.2, 0) is 4.79 Å². The third-order valence-corrected chi connectivity index (χ3v) is 2.49. The van der Waals surface area contributed by atoms with E-state index in [2.05, 4.69) is 9.89 Å². The lowest BCUT2D eigenvalue weighted by molar-refractivity contribution is 0.565. The van der Waals surface area contributed by atoms with Crippen LogP contribution in [0.2, 0.25) is 0 Å². The summed E-state index contributed by atoms with van der Waals surface area (Å²) in [4.78, 5) is 16.2. The molecule has 1 aliphatic heterocycles. The minimum Gasteiger partial charge on any atom is -0.370 e. The Labute approximate surface area is 83.1 Å². The van der Waals surface area contributed by atoms with Gasteiger partial charge in [0.2, 0.25) is 6.08 Å². The molecule has 14 heavy (non-hydrogen) atoms. The summed E-state index contributed by atoms with van der Waals surface area (Å²) in [6, 6.07) is 7.70. The molecule has 0 radical (unpaired) electrons. The van der Waals surface area contributed by atoms with Crippen molar-refractivity contribution in [3.63, 3.8) is 0 Å². The van der Waals surface area contributed by atoms with Crippen LogP contribution in [0.1, 0.15) is 12.8 Å². The predicted octanol–water partition coefficient (Wildman–Crippen LogP) is 2.25. The molecule has 1 aliphatic rings. The van der Waals surface area contributed by atoms with E-state index >= 15 is 0 Å². The third-order valence-electron chi connectivity index (χ3n) is 2.49. The monoisotopic (exact) mass is 188 g/mol. The normalized spacial score (nSPS) is 15.3. The molecule has 0 aliphatic carbocycles. The van der Waals surface area contributed by atoms with Gasteiger partial charge in [-0.15, -0.1) is 0 Å². The SMILES string of the molecule is O=C=Nc1ccccc1N1CCCC1. The molecule has 0 bridgehead atoms. The van der Waals surface area contributed by atoms with Crippen molar-refractivity contribution in [3.05, 3.63) is 24.3 Å². The minimum absolute atomic E-state index is 0.726. The van der Waals surface area contributed by atoms with E-state index in [4.69, 9.17) is 0 Å². The zero-order chi connectivity index (χ0) is 9.80. The van der Waals surface area contributed by atoms with E-state index in [0.717, 1.165) is 24.5 Å². The van der Waals surface area contributed by atoms with Crippen LogP contribution < -0.4 is 4.90 Å². The Morgan fingerprint density at radius 2 is 1.93 bits per heavy atom. The zero-order valence-electron chi connectivity index (χ0n) is 7.94. The second-order valence-corrected chi connectivity index (χ2v) is 3.39. The fourth-order valence-corrected chi connectivity index (χ4v) is 1.83. The van der Waals surface area contributed by atoms with Gasteiger partial charge in [-0.05, 0) is 25.0 Å². The highest BCUT2D eigenvalue weighted by molar-refractivity contribution is 5.69. The van der Waals surface area contributed by atoms with E-state index in [1.165, 1.54) is 12.8 Å². The van der Waals surface area contributed by atoms with Gasteiger partial charge in [0.25, 0.3) is 0 Å². The summed E-state index contributed by atoms with van der Waals surface area (Å²) in [5.41, 5.74) is 1.78. The van der Waals surface area contributed by atoms with Gasteiger partial charge < -0.3 is 4.90 Å². The number of rotatable bonds is 2. The first-order chi connectivity index (χ1) is 6.92. The third kappa shape index (κ3) is 1.68. The maximum Gasteiger partial charge on any atom is 0.240 e. The lowest BCUT2D eigenvalue weighted by Crippen LogP contribution is -2.17. The Kier molecular flexibility index (Phi) is 2.61. The highest BCUT2D eigenvalue weighted by Gasteiger charge is 2.14. The number of nitrogens with zero attached hydrogens (tertiary/aromatic N) is 2. The Bertz CT molecular complexity index is 363. The molecule has 0 amide bonds. The summed E-state index contributed by atoms with van der Waals surface area (Å²) in [7, 11) is 0. The fraction of sp³-hybridized carbons (Fsp3) is 0.364. The lowest BCUT2D eigenvalue weighted by atomic mass is 10.2. The molecule has 1 aromatic carbocycles. The number of hydrogen-bond acceptors (Lipinski definition) is 3. The second-order valence-electron chi connectivity index (χ2n) is 3.39. The first-order valence-electron chi connectivity index (χ1n) is 4.83. The second kappa shape index (κ2) is 4.07. The first kappa shape index (κ1) is 8.97. The average molecular weight is 188 g/mol. The van der Waals surface area contributed by atoms with Crippen LogP contribution in [0.15, 0.2) is 29.3 Å². The first-order valence-corrected chi connectivity index (χ1v) is 4.83. The molecule has 72 valence electrons. The Morgan fingerprint density at radius 3 is 2.64 bits per heavy atom. The summed E-state index contributed by atoms with van der Waals surface area (Å²) in [5, 5.41) is 0. The number of isocyanates is 1. The van der Waals surface area contributed by atoms with Crippen LogP contribution in [0, 0.1) is 0 Å². The molecule has 3 heteroatoms. The van der Waals surface area contributed by atoms with Crippen molar-refractivity contribution in [1.29, 1.82) is 0 Å². The number of anilines is 1. The number of aliphatic imine (C=N–C) groups is 1. The molecule has 0 spiro atoms. The van der Waals surface area contributed by atoms with E-state index in [1.807, 2.05) is 24.3 Å². The van der Waals surface area contributed by atoms with Crippen molar-refractivity contribution in [1.82, 2.24) is 0 Å². The summed E-state index contributed by atoms with van der Waals surface area (Å²) in [5.74, 6) is 0. The molecule has 1 heterocycles.